The number of thiophene rings is 1. The molecule has 6 nitrogen and oxygen atoms in total. The van der Waals surface area contributed by atoms with Crippen molar-refractivity contribution in [2.24, 2.45) is 7.05 Å². The lowest BCUT2D eigenvalue weighted by Gasteiger charge is -2.14. The van der Waals surface area contributed by atoms with Gasteiger partial charge in [0, 0.05) is 29.1 Å². The molecule has 0 atom stereocenters. The molecule has 0 bridgehead atoms. The predicted molar refractivity (Wildman–Crippen MR) is 107 cm³/mol. The summed E-state index contributed by atoms with van der Waals surface area (Å²) in [5, 5.41) is 2.97. The number of aromatic nitrogens is 3. The van der Waals surface area contributed by atoms with Crippen molar-refractivity contribution in [1.29, 1.82) is 0 Å². The number of pyridine rings is 1. The van der Waals surface area contributed by atoms with Gasteiger partial charge in [-0.2, -0.15) is 0 Å². The molecular weight excluding hydrogens is 362 g/mol. The number of aryl methyl sites for hydroxylation is 1. The molecule has 4 aromatic rings. The Labute approximate surface area is 158 Å². The Morgan fingerprint density at radius 3 is 2.74 bits per heavy atom. The van der Waals surface area contributed by atoms with Crippen molar-refractivity contribution in [2.45, 2.75) is 13.8 Å². The van der Waals surface area contributed by atoms with Gasteiger partial charge in [0.25, 0.3) is 5.56 Å². The van der Waals surface area contributed by atoms with Crippen LogP contribution in [0.2, 0.25) is 0 Å². The van der Waals surface area contributed by atoms with Gasteiger partial charge >= 0.3 is 5.69 Å². The van der Waals surface area contributed by atoms with Crippen LogP contribution in [0, 0.1) is 13.8 Å². The van der Waals surface area contributed by atoms with Gasteiger partial charge in [-0.3, -0.25) is 14.3 Å². The van der Waals surface area contributed by atoms with Crippen molar-refractivity contribution >= 4 is 21.4 Å². The quantitative estimate of drug-likeness (QED) is 0.588. The van der Waals surface area contributed by atoms with Crippen LogP contribution in [0.15, 0.2) is 51.5 Å². The average Bonchev–Trinajstić information content (AvgIpc) is 3.12. The van der Waals surface area contributed by atoms with Gasteiger partial charge in [0.2, 0.25) is 5.88 Å². The summed E-state index contributed by atoms with van der Waals surface area (Å²) < 4.78 is 8.55. The lowest BCUT2D eigenvalue weighted by molar-refractivity contribution is 0.469. The summed E-state index contributed by atoms with van der Waals surface area (Å²) in [4.78, 5) is 30.6. The molecule has 0 radical (unpaired) electrons. The zero-order valence-electron chi connectivity index (χ0n) is 15.1. The largest absolute Gasteiger partial charge is 0.438 e. The molecule has 1 N–H and O–H groups in total. The number of rotatable bonds is 3. The maximum Gasteiger partial charge on any atom is 0.328 e. The van der Waals surface area contributed by atoms with Gasteiger partial charge in [-0.05, 0) is 55.1 Å². The summed E-state index contributed by atoms with van der Waals surface area (Å²) in [6, 6.07) is 9.50. The maximum absolute atomic E-state index is 12.0. The number of fused-ring (bicyclic) bond motifs is 1. The highest BCUT2D eigenvalue weighted by Gasteiger charge is 2.14. The van der Waals surface area contributed by atoms with Crippen LogP contribution >= 0.6 is 11.3 Å². The molecule has 0 spiro atoms. The van der Waals surface area contributed by atoms with E-state index in [0.29, 0.717) is 22.9 Å². The normalized spacial score (nSPS) is 11.1. The SMILES string of the molecule is Cc1cc(Oc2nccc3sccc23)ccc1-c1c(C)c(=O)[nH]c(=O)n1C. The average molecular weight is 379 g/mol. The fraction of sp³-hybridized carbons (Fsp3) is 0.150. The first-order valence-electron chi connectivity index (χ1n) is 8.36. The van der Waals surface area contributed by atoms with Crippen molar-refractivity contribution in [2.75, 3.05) is 0 Å². The summed E-state index contributed by atoms with van der Waals surface area (Å²) in [5.41, 5.74) is 2.00. The third-order valence-corrected chi connectivity index (χ3v) is 5.45. The molecule has 0 amide bonds. The van der Waals surface area contributed by atoms with E-state index < -0.39 is 5.69 Å². The molecule has 136 valence electrons. The van der Waals surface area contributed by atoms with Gasteiger partial charge < -0.3 is 4.74 Å². The number of hydrogen-bond donors (Lipinski definition) is 1. The lowest BCUT2D eigenvalue weighted by atomic mass is 10.0. The fourth-order valence-corrected chi connectivity index (χ4v) is 3.92. The van der Waals surface area contributed by atoms with Gasteiger partial charge in [-0.25, -0.2) is 9.78 Å². The van der Waals surface area contributed by atoms with Crippen molar-refractivity contribution < 1.29 is 4.74 Å². The zero-order valence-corrected chi connectivity index (χ0v) is 15.9. The molecule has 0 aliphatic heterocycles. The standard InChI is InChI=1S/C20H17N3O3S/c1-11-10-13(26-19-15-7-9-27-16(15)6-8-21-19)4-5-14(11)17-12(2)18(24)22-20(25)23(17)3/h4-10H,1-3H3,(H,22,24,25). The highest BCUT2D eigenvalue weighted by Crippen LogP contribution is 2.33. The molecule has 0 unspecified atom stereocenters. The molecule has 0 saturated carbocycles. The van der Waals surface area contributed by atoms with E-state index in [4.69, 9.17) is 4.74 Å². The van der Waals surface area contributed by atoms with Gasteiger partial charge in [0.1, 0.15) is 5.75 Å². The number of aromatic amines is 1. The first-order chi connectivity index (χ1) is 13.0. The van der Waals surface area contributed by atoms with Crippen LogP contribution in [-0.2, 0) is 7.05 Å². The van der Waals surface area contributed by atoms with E-state index in [2.05, 4.69) is 9.97 Å². The van der Waals surface area contributed by atoms with Crippen LogP contribution in [0.25, 0.3) is 21.3 Å². The molecule has 0 fully saturated rings. The van der Waals surface area contributed by atoms with Crippen molar-refractivity contribution in [3.8, 4) is 22.9 Å². The second-order valence-electron chi connectivity index (χ2n) is 6.32. The number of hydrogen-bond acceptors (Lipinski definition) is 5. The first-order valence-corrected chi connectivity index (χ1v) is 9.24. The Bertz CT molecular complexity index is 1250. The minimum Gasteiger partial charge on any atom is -0.438 e. The van der Waals surface area contributed by atoms with Crippen molar-refractivity contribution in [3.05, 3.63) is 73.9 Å². The van der Waals surface area contributed by atoms with Gasteiger partial charge in [0.15, 0.2) is 0 Å². The molecule has 1 aromatic carbocycles. The van der Waals surface area contributed by atoms with Crippen molar-refractivity contribution in [3.63, 3.8) is 0 Å². The summed E-state index contributed by atoms with van der Waals surface area (Å²) in [6.07, 6.45) is 1.73. The number of H-pyrrole nitrogens is 1. The van der Waals surface area contributed by atoms with E-state index in [-0.39, 0.29) is 5.56 Å². The summed E-state index contributed by atoms with van der Waals surface area (Å²) in [6.45, 7) is 3.63. The smallest absolute Gasteiger partial charge is 0.328 e. The molecule has 3 aromatic heterocycles. The summed E-state index contributed by atoms with van der Waals surface area (Å²) >= 11 is 1.64. The molecule has 0 aliphatic carbocycles. The summed E-state index contributed by atoms with van der Waals surface area (Å²) in [7, 11) is 1.64. The van der Waals surface area contributed by atoms with Crippen molar-refractivity contribution in [1.82, 2.24) is 14.5 Å². The Hall–Kier alpha value is -3.19. The Morgan fingerprint density at radius 2 is 1.96 bits per heavy atom. The second-order valence-corrected chi connectivity index (χ2v) is 7.27. The molecule has 0 saturated heterocycles. The zero-order chi connectivity index (χ0) is 19.1. The van der Waals surface area contributed by atoms with Crippen LogP contribution in [0.3, 0.4) is 0 Å². The minimum atomic E-state index is -0.436. The Balaban J connectivity index is 1.78. The second kappa shape index (κ2) is 6.51. The third kappa shape index (κ3) is 2.96. The monoisotopic (exact) mass is 379 g/mol. The van der Waals surface area contributed by atoms with E-state index in [9.17, 15) is 9.59 Å². The van der Waals surface area contributed by atoms with E-state index in [0.717, 1.165) is 21.2 Å². The van der Waals surface area contributed by atoms with E-state index in [1.807, 2.05) is 42.6 Å². The summed E-state index contributed by atoms with van der Waals surface area (Å²) in [5.74, 6) is 1.20. The highest BCUT2D eigenvalue weighted by atomic mass is 32.1. The predicted octanol–water partition coefficient (Wildman–Crippen LogP) is 3.76. The van der Waals surface area contributed by atoms with E-state index in [1.165, 1.54) is 4.57 Å². The Morgan fingerprint density at radius 1 is 1.15 bits per heavy atom. The highest BCUT2D eigenvalue weighted by molar-refractivity contribution is 7.17. The number of nitrogens with zero attached hydrogens (tertiary/aromatic N) is 2. The van der Waals surface area contributed by atoms with Crippen LogP contribution in [-0.4, -0.2) is 14.5 Å². The van der Waals surface area contributed by atoms with Crippen LogP contribution < -0.4 is 16.0 Å². The topological polar surface area (TPSA) is 77.0 Å². The minimum absolute atomic E-state index is 0.374. The van der Waals surface area contributed by atoms with Crippen LogP contribution in [0.5, 0.6) is 11.6 Å². The van der Waals surface area contributed by atoms with Gasteiger partial charge in [-0.15, -0.1) is 11.3 Å². The molecule has 7 heteroatoms. The van der Waals surface area contributed by atoms with Gasteiger partial charge in [-0.1, -0.05) is 0 Å². The number of ether oxygens (including phenoxy) is 1. The fourth-order valence-electron chi connectivity index (χ4n) is 3.15. The van der Waals surface area contributed by atoms with Crippen LogP contribution in [0.1, 0.15) is 11.1 Å². The molecule has 27 heavy (non-hydrogen) atoms. The van der Waals surface area contributed by atoms with Crippen LogP contribution in [0.4, 0.5) is 0 Å². The molecule has 3 heterocycles. The maximum atomic E-state index is 12.0. The molecule has 4 rings (SSSR count). The van der Waals surface area contributed by atoms with E-state index >= 15 is 0 Å². The lowest BCUT2D eigenvalue weighted by Crippen LogP contribution is -2.31. The van der Waals surface area contributed by atoms with Gasteiger partial charge in [0.05, 0.1) is 11.1 Å². The Kier molecular flexibility index (Phi) is 4.16. The number of benzene rings is 1. The first kappa shape index (κ1) is 17.2. The molecular formula is C20H17N3O3S. The number of nitrogens with one attached hydrogen (secondary N) is 1. The van der Waals surface area contributed by atoms with E-state index in [1.54, 1.807) is 31.5 Å². The third-order valence-electron chi connectivity index (χ3n) is 4.57. The molecule has 0 aliphatic rings.